The maximum absolute atomic E-state index is 13.2. The lowest BCUT2D eigenvalue weighted by molar-refractivity contribution is 0.0687. The Kier molecular flexibility index (Phi) is 2.67. The molecule has 2 aromatic heterocycles. The quantitative estimate of drug-likeness (QED) is 0.779. The molecule has 0 saturated heterocycles. The van der Waals surface area contributed by atoms with Gasteiger partial charge >= 0.3 is 5.97 Å². The van der Waals surface area contributed by atoms with E-state index in [0.717, 1.165) is 22.7 Å². The maximum Gasteiger partial charge on any atom is 0.354 e. The third kappa shape index (κ3) is 1.99. The highest BCUT2D eigenvalue weighted by Gasteiger charge is 2.14. The Hall–Kier alpha value is -2.83. The van der Waals surface area contributed by atoms with E-state index in [1.165, 1.54) is 12.1 Å². The molecule has 1 aromatic carbocycles. The second-order valence-electron chi connectivity index (χ2n) is 4.08. The van der Waals surface area contributed by atoms with Crippen molar-refractivity contribution >= 4 is 11.6 Å². The Labute approximate surface area is 111 Å². The lowest BCUT2D eigenvalue weighted by Gasteiger charge is -1.97. The third-order valence-corrected chi connectivity index (χ3v) is 2.70. The molecule has 0 unspecified atom stereocenters. The van der Waals surface area contributed by atoms with Gasteiger partial charge in [0.2, 0.25) is 0 Å². The van der Waals surface area contributed by atoms with Crippen LogP contribution in [0.25, 0.3) is 17.0 Å². The van der Waals surface area contributed by atoms with Gasteiger partial charge in [-0.05, 0) is 24.3 Å². The smallest absolute Gasteiger partial charge is 0.354 e. The molecule has 0 atom stereocenters. The van der Waals surface area contributed by atoms with Gasteiger partial charge in [0.1, 0.15) is 11.6 Å². The van der Waals surface area contributed by atoms with Crippen LogP contribution in [0.1, 0.15) is 10.5 Å². The van der Waals surface area contributed by atoms with Gasteiger partial charge in [0, 0.05) is 11.6 Å². The number of fused-ring (bicyclic) bond motifs is 1. The second-order valence-corrected chi connectivity index (χ2v) is 4.08. The number of hydrogen-bond donors (Lipinski definition) is 1. The molecule has 2 heterocycles. The molecule has 3 rings (SSSR count). The molecule has 0 amide bonds. The molecule has 7 heteroatoms. The van der Waals surface area contributed by atoms with Crippen molar-refractivity contribution in [2.45, 2.75) is 0 Å². The van der Waals surface area contributed by atoms with Crippen LogP contribution in [0.15, 0.2) is 36.4 Å². The summed E-state index contributed by atoms with van der Waals surface area (Å²) in [6.45, 7) is 0. The molecule has 0 saturated carbocycles. The summed E-state index contributed by atoms with van der Waals surface area (Å²) in [5.41, 5.74) is 0.338. The Morgan fingerprint density at radius 2 is 1.85 bits per heavy atom. The average molecular weight is 275 g/mol. The van der Waals surface area contributed by atoms with Gasteiger partial charge in [-0.1, -0.05) is 6.07 Å². The van der Waals surface area contributed by atoms with Gasteiger partial charge in [-0.15, -0.1) is 5.10 Å². The lowest BCUT2D eigenvalue weighted by Crippen LogP contribution is -2.05. The Morgan fingerprint density at radius 1 is 1.15 bits per heavy atom. The van der Waals surface area contributed by atoms with Crippen LogP contribution in [0.5, 0.6) is 0 Å². The zero-order valence-electron chi connectivity index (χ0n) is 9.92. The van der Waals surface area contributed by atoms with Crippen molar-refractivity contribution in [1.29, 1.82) is 0 Å². The molecule has 0 radical (unpaired) electrons. The molecule has 0 spiro atoms. The van der Waals surface area contributed by atoms with Crippen LogP contribution in [0, 0.1) is 11.6 Å². The van der Waals surface area contributed by atoms with Crippen molar-refractivity contribution < 1.29 is 18.7 Å². The summed E-state index contributed by atoms with van der Waals surface area (Å²) in [6.07, 6.45) is 0. The fourth-order valence-corrected chi connectivity index (χ4v) is 1.87. The van der Waals surface area contributed by atoms with Gasteiger partial charge in [0.15, 0.2) is 17.2 Å². The van der Waals surface area contributed by atoms with Crippen molar-refractivity contribution in [2.75, 3.05) is 0 Å². The van der Waals surface area contributed by atoms with Gasteiger partial charge in [-0.2, -0.15) is 0 Å². The maximum atomic E-state index is 13.2. The number of hydrogen-bond acceptors (Lipinski definition) is 3. The summed E-state index contributed by atoms with van der Waals surface area (Å²) in [7, 11) is 0. The predicted molar refractivity (Wildman–Crippen MR) is 65.3 cm³/mol. The van der Waals surface area contributed by atoms with E-state index in [2.05, 4.69) is 10.1 Å². The summed E-state index contributed by atoms with van der Waals surface area (Å²) >= 11 is 0. The molecule has 100 valence electrons. The number of pyridine rings is 1. The largest absolute Gasteiger partial charge is 0.477 e. The minimum absolute atomic E-state index is 0.0529. The molecule has 3 aromatic rings. The lowest BCUT2D eigenvalue weighted by atomic mass is 10.2. The van der Waals surface area contributed by atoms with E-state index in [4.69, 9.17) is 5.11 Å². The summed E-state index contributed by atoms with van der Waals surface area (Å²) in [5.74, 6) is -2.62. The molecule has 0 aliphatic carbocycles. The molecule has 5 nitrogen and oxygen atoms in total. The van der Waals surface area contributed by atoms with E-state index in [0.29, 0.717) is 0 Å². The third-order valence-electron chi connectivity index (χ3n) is 2.70. The monoisotopic (exact) mass is 275 g/mol. The minimum Gasteiger partial charge on any atom is -0.477 e. The number of aromatic carboxylic acids is 1. The van der Waals surface area contributed by atoms with Crippen LogP contribution in [0.3, 0.4) is 0 Å². The van der Waals surface area contributed by atoms with E-state index in [1.54, 1.807) is 6.07 Å². The zero-order chi connectivity index (χ0) is 14.3. The van der Waals surface area contributed by atoms with Gasteiger partial charge in [-0.25, -0.2) is 23.1 Å². The summed E-state index contributed by atoms with van der Waals surface area (Å²) in [6, 6.07) is 7.33. The molecular weight excluding hydrogens is 268 g/mol. The fraction of sp³-hybridized carbons (Fsp3) is 0. The number of carbonyl (C=O) groups is 1. The molecular formula is C13H7F2N3O2. The number of rotatable bonds is 2. The highest BCUT2D eigenvalue weighted by Crippen LogP contribution is 2.19. The number of carboxylic acids is 1. The topological polar surface area (TPSA) is 67.5 Å². The van der Waals surface area contributed by atoms with E-state index < -0.39 is 17.6 Å². The molecule has 20 heavy (non-hydrogen) atoms. The first-order valence-corrected chi connectivity index (χ1v) is 5.60. The number of halogens is 2. The molecule has 0 aliphatic heterocycles. The fourth-order valence-electron chi connectivity index (χ4n) is 1.87. The number of aromatic nitrogens is 3. The minimum atomic E-state index is -1.17. The first-order chi connectivity index (χ1) is 9.54. The highest BCUT2D eigenvalue weighted by atomic mass is 19.1. The van der Waals surface area contributed by atoms with Gasteiger partial charge in [0.25, 0.3) is 0 Å². The van der Waals surface area contributed by atoms with Crippen molar-refractivity contribution in [3.8, 4) is 11.4 Å². The SMILES string of the molecule is O=C(O)c1cccc2nc(-c3cc(F)cc(F)c3)nn12. The molecule has 1 N–H and O–H groups in total. The van der Waals surface area contributed by atoms with Crippen molar-refractivity contribution in [3.63, 3.8) is 0 Å². The van der Waals surface area contributed by atoms with Crippen LogP contribution < -0.4 is 0 Å². The summed E-state index contributed by atoms with van der Waals surface area (Å²) in [5, 5.41) is 13.0. The Bertz CT molecular complexity index is 809. The zero-order valence-corrected chi connectivity index (χ0v) is 9.92. The van der Waals surface area contributed by atoms with Gasteiger partial charge < -0.3 is 5.11 Å². The Morgan fingerprint density at radius 3 is 2.50 bits per heavy atom. The molecule has 0 aliphatic rings. The van der Waals surface area contributed by atoms with Crippen molar-refractivity contribution in [2.24, 2.45) is 0 Å². The number of carboxylic acid groups (broad SMARTS) is 1. The van der Waals surface area contributed by atoms with E-state index >= 15 is 0 Å². The Balaban J connectivity index is 2.23. The predicted octanol–water partition coefficient (Wildman–Crippen LogP) is 2.37. The normalized spacial score (nSPS) is 10.9. The van der Waals surface area contributed by atoms with E-state index in [9.17, 15) is 13.6 Å². The van der Waals surface area contributed by atoms with E-state index in [-0.39, 0.29) is 22.7 Å². The highest BCUT2D eigenvalue weighted by molar-refractivity contribution is 5.86. The van der Waals surface area contributed by atoms with Crippen molar-refractivity contribution in [3.05, 3.63) is 53.7 Å². The van der Waals surface area contributed by atoms with Crippen LogP contribution >= 0.6 is 0 Å². The number of benzene rings is 1. The number of nitrogens with zero attached hydrogens (tertiary/aromatic N) is 3. The second kappa shape index (κ2) is 4.37. The van der Waals surface area contributed by atoms with Crippen LogP contribution in [-0.2, 0) is 0 Å². The van der Waals surface area contributed by atoms with Crippen LogP contribution in [0.4, 0.5) is 8.78 Å². The summed E-state index contributed by atoms with van der Waals surface area (Å²) in [4.78, 5) is 15.1. The average Bonchev–Trinajstić information content (AvgIpc) is 2.80. The summed E-state index contributed by atoms with van der Waals surface area (Å²) < 4.78 is 27.5. The molecule has 0 fully saturated rings. The first-order valence-electron chi connectivity index (χ1n) is 5.60. The van der Waals surface area contributed by atoms with Crippen LogP contribution in [-0.4, -0.2) is 25.7 Å². The van der Waals surface area contributed by atoms with Gasteiger partial charge in [0.05, 0.1) is 0 Å². The first kappa shape index (κ1) is 12.2. The van der Waals surface area contributed by atoms with E-state index in [1.807, 2.05) is 0 Å². The van der Waals surface area contributed by atoms with Crippen LogP contribution in [0.2, 0.25) is 0 Å². The van der Waals surface area contributed by atoms with Gasteiger partial charge in [-0.3, -0.25) is 0 Å². The van der Waals surface area contributed by atoms with Crippen molar-refractivity contribution in [1.82, 2.24) is 14.6 Å². The molecule has 0 bridgehead atoms. The standard InChI is InChI=1S/C13H7F2N3O2/c14-8-4-7(5-9(15)6-8)12-16-11-3-1-2-10(13(19)20)18(11)17-12/h1-6H,(H,19,20).